The molecule has 3 N–H and O–H groups in total. The van der Waals surface area contributed by atoms with E-state index in [0.29, 0.717) is 10.6 Å². The molecule has 2 atom stereocenters. The van der Waals surface area contributed by atoms with Crippen LogP contribution in [0.4, 0.5) is 0 Å². The van der Waals surface area contributed by atoms with Gasteiger partial charge in [-0.1, -0.05) is 25.4 Å². The molecule has 0 saturated heterocycles. The van der Waals surface area contributed by atoms with Gasteiger partial charge in [0.05, 0.1) is 6.10 Å². The van der Waals surface area contributed by atoms with Gasteiger partial charge in [0.15, 0.2) is 0 Å². The molecule has 1 aromatic carbocycles. The van der Waals surface area contributed by atoms with E-state index in [0.717, 1.165) is 0 Å². The molecule has 5 nitrogen and oxygen atoms in total. The second kappa shape index (κ2) is 8.00. The zero-order valence-electron chi connectivity index (χ0n) is 12.4. The molecule has 0 aliphatic rings. The second-order valence-corrected chi connectivity index (χ2v) is 5.69. The van der Waals surface area contributed by atoms with E-state index in [9.17, 15) is 14.7 Å². The van der Waals surface area contributed by atoms with Crippen molar-refractivity contribution >= 4 is 23.4 Å². The van der Waals surface area contributed by atoms with E-state index in [-0.39, 0.29) is 24.3 Å². The van der Waals surface area contributed by atoms with Crippen LogP contribution in [0.1, 0.15) is 31.1 Å². The van der Waals surface area contributed by atoms with Gasteiger partial charge in [-0.2, -0.15) is 0 Å². The van der Waals surface area contributed by atoms with E-state index in [4.69, 9.17) is 11.6 Å². The van der Waals surface area contributed by atoms with E-state index < -0.39 is 12.1 Å². The highest BCUT2D eigenvalue weighted by Crippen LogP contribution is 2.09. The molecule has 0 spiro atoms. The molecule has 0 bridgehead atoms. The molecule has 0 radical (unpaired) electrons. The molecule has 0 aromatic heterocycles. The van der Waals surface area contributed by atoms with E-state index >= 15 is 0 Å². The van der Waals surface area contributed by atoms with Gasteiger partial charge >= 0.3 is 0 Å². The molecule has 0 aliphatic carbocycles. The molecule has 0 fully saturated rings. The van der Waals surface area contributed by atoms with Crippen LogP contribution in [0.15, 0.2) is 24.3 Å². The van der Waals surface area contributed by atoms with Gasteiger partial charge in [0.1, 0.15) is 6.04 Å². The van der Waals surface area contributed by atoms with Gasteiger partial charge in [0.2, 0.25) is 5.91 Å². The molecule has 21 heavy (non-hydrogen) atoms. The standard InChI is InChI=1S/C15H21ClN2O3/c1-9(2)13(19)8-17-14(20)10(3)18-15(21)11-4-6-12(16)7-5-11/h4-7,9-10,13,19H,8H2,1-3H3,(H,17,20)(H,18,21). The van der Waals surface area contributed by atoms with Gasteiger partial charge in [-0.3, -0.25) is 9.59 Å². The Balaban J connectivity index is 2.48. The molecule has 1 aromatic rings. The molecule has 2 amide bonds. The average molecular weight is 313 g/mol. The van der Waals surface area contributed by atoms with Gasteiger partial charge in [0.25, 0.3) is 5.91 Å². The zero-order chi connectivity index (χ0) is 16.0. The number of aliphatic hydroxyl groups is 1. The van der Waals surface area contributed by atoms with Crippen molar-refractivity contribution in [3.63, 3.8) is 0 Å². The molecule has 2 unspecified atom stereocenters. The molecule has 0 aliphatic heterocycles. The molecule has 0 heterocycles. The van der Waals surface area contributed by atoms with Crippen LogP contribution in [0, 0.1) is 5.92 Å². The molecule has 116 valence electrons. The minimum absolute atomic E-state index is 0.0595. The predicted octanol–water partition coefficient (Wildman–Crippen LogP) is 1.59. The van der Waals surface area contributed by atoms with Crippen LogP contribution in [-0.2, 0) is 4.79 Å². The smallest absolute Gasteiger partial charge is 0.251 e. The predicted molar refractivity (Wildman–Crippen MR) is 82.2 cm³/mol. The quantitative estimate of drug-likeness (QED) is 0.746. The largest absolute Gasteiger partial charge is 0.391 e. The van der Waals surface area contributed by atoms with Crippen LogP contribution in [0.25, 0.3) is 0 Å². The van der Waals surface area contributed by atoms with Crippen molar-refractivity contribution < 1.29 is 14.7 Å². The lowest BCUT2D eigenvalue weighted by atomic mass is 10.1. The summed E-state index contributed by atoms with van der Waals surface area (Å²) in [6.07, 6.45) is -0.604. The summed E-state index contributed by atoms with van der Waals surface area (Å²) in [6, 6.07) is 5.71. The maximum atomic E-state index is 11.9. The first-order chi connectivity index (χ1) is 9.81. The summed E-state index contributed by atoms with van der Waals surface area (Å²) < 4.78 is 0. The van der Waals surface area contributed by atoms with Gasteiger partial charge in [-0.05, 0) is 37.1 Å². The minimum atomic E-state index is -0.687. The first-order valence-electron chi connectivity index (χ1n) is 6.83. The first-order valence-corrected chi connectivity index (χ1v) is 7.21. The third-order valence-electron chi connectivity index (χ3n) is 3.10. The summed E-state index contributed by atoms with van der Waals surface area (Å²) in [7, 11) is 0. The Labute approximate surface area is 129 Å². The van der Waals surface area contributed by atoms with Crippen molar-refractivity contribution in [1.82, 2.24) is 10.6 Å². The average Bonchev–Trinajstić information content (AvgIpc) is 2.44. The third kappa shape index (κ3) is 5.73. The van der Waals surface area contributed by atoms with Crippen molar-refractivity contribution in [2.75, 3.05) is 6.54 Å². The second-order valence-electron chi connectivity index (χ2n) is 5.26. The number of halogens is 1. The van der Waals surface area contributed by atoms with Crippen LogP contribution in [0.2, 0.25) is 5.02 Å². The molecule has 0 saturated carbocycles. The van der Waals surface area contributed by atoms with Crippen LogP contribution >= 0.6 is 11.6 Å². The van der Waals surface area contributed by atoms with Crippen LogP contribution in [0.3, 0.4) is 0 Å². The fourth-order valence-corrected chi connectivity index (χ4v) is 1.67. The van der Waals surface area contributed by atoms with Gasteiger partial charge in [-0.25, -0.2) is 0 Å². The van der Waals surface area contributed by atoms with Crippen molar-refractivity contribution in [2.45, 2.75) is 32.9 Å². The summed E-state index contributed by atoms with van der Waals surface area (Å²) in [5, 5.41) is 15.4. The van der Waals surface area contributed by atoms with Gasteiger partial charge < -0.3 is 15.7 Å². The number of carbonyl (C=O) groups is 2. The monoisotopic (exact) mass is 312 g/mol. The number of aliphatic hydroxyl groups excluding tert-OH is 1. The topological polar surface area (TPSA) is 78.4 Å². The molecular formula is C15H21ClN2O3. The SMILES string of the molecule is CC(NC(=O)c1ccc(Cl)cc1)C(=O)NCC(O)C(C)C. The number of nitrogens with one attached hydrogen (secondary N) is 2. The van der Waals surface area contributed by atoms with Crippen molar-refractivity contribution in [3.8, 4) is 0 Å². The lowest BCUT2D eigenvalue weighted by Crippen LogP contribution is -2.47. The molecular weight excluding hydrogens is 292 g/mol. The number of amides is 2. The number of carbonyl (C=O) groups excluding carboxylic acids is 2. The minimum Gasteiger partial charge on any atom is -0.391 e. The van der Waals surface area contributed by atoms with E-state index in [1.165, 1.54) is 0 Å². The highest BCUT2D eigenvalue weighted by atomic mass is 35.5. The van der Waals surface area contributed by atoms with E-state index in [1.807, 2.05) is 13.8 Å². The van der Waals surface area contributed by atoms with Crippen LogP contribution in [0.5, 0.6) is 0 Å². The lowest BCUT2D eigenvalue weighted by molar-refractivity contribution is -0.123. The van der Waals surface area contributed by atoms with Gasteiger partial charge in [0, 0.05) is 17.1 Å². The Morgan fingerprint density at radius 3 is 2.29 bits per heavy atom. The third-order valence-corrected chi connectivity index (χ3v) is 3.35. The highest BCUT2D eigenvalue weighted by molar-refractivity contribution is 6.30. The van der Waals surface area contributed by atoms with Crippen molar-refractivity contribution in [2.24, 2.45) is 5.92 Å². The van der Waals surface area contributed by atoms with E-state index in [1.54, 1.807) is 31.2 Å². The Bertz CT molecular complexity index is 488. The van der Waals surface area contributed by atoms with Crippen molar-refractivity contribution in [3.05, 3.63) is 34.9 Å². The lowest BCUT2D eigenvalue weighted by Gasteiger charge is -2.18. The summed E-state index contributed by atoms with van der Waals surface area (Å²) in [5.74, 6) is -0.625. The molecule has 6 heteroatoms. The Hall–Kier alpha value is -1.59. The zero-order valence-corrected chi connectivity index (χ0v) is 13.1. The Morgan fingerprint density at radius 2 is 1.76 bits per heavy atom. The number of benzene rings is 1. The summed E-state index contributed by atoms with van der Waals surface area (Å²) in [4.78, 5) is 23.8. The number of hydrogen-bond donors (Lipinski definition) is 3. The molecule has 1 rings (SSSR count). The summed E-state index contributed by atoms with van der Waals surface area (Å²) in [6.45, 7) is 5.48. The first kappa shape index (κ1) is 17.5. The Morgan fingerprint density at radius 1 is 1.19 bits per heavy atom. The highest BCUT2D eigenvalue weighted by Gasteiger charge is 2.18. The van der Waals surface area contributed by atoms with Crippen LogP contribution in [-0.4, -0.2) is 35.6 Å². The summed E-state index contributed by atoms with van der Waals surface area (Å²) >= 11 is 5.75. The number of rotatable bonds is 6. The van der Waals surface area contributed by atoms with Gasteiger partial charge in [-0.15, -0.1) is 0 Å². The maximum absolute atomic E-state index is 11.9. The Kier molecular flexibility index (Phi) is 6.65. The maximum Gasteiger partial charge on any atom is 0.251 e. The van der Waals surface area contributed by atoms with Crippen LogP contribution < -0.4 is 10.6 Å². The fourth-order valence-electron chi connectivity index (χ4n) is 1.54. The number of hydrogen-bond acceptors (Lipinski definition) is 3. The van der Waals surface area contributed by atoms with Crippen molar-refractivity contribution in [1.29, 1.82) is 0 Å². The normalized spacial score (nSPS) is 13.6. The fraction of sp³-hybridized carbons (Fsp3) is 0.467. The summed E-state index contributed by atoms with van der Waals surface area (Å²) in [5.41, 5.74) is 0.432. The van der Waals surface area contributed by atoms with E-state index in [2.05, 4.69) is 10.6 Å².